The summed E-state index contributed by atoms with van der Waals surface area (Å²) in [4.78, 5) is 14.4. The Hall–Kier alpha value is -3.10. The quantitative estimate of drug-likeness (QED) is 0.594. The van der Waals surface area contributed by atoms with E-state index < -0.39 is 10.0 Å². The molecule has 2 aromatic carbocycles. The first-order chi connectivity index (χ1) is 14.3. The van der Waals surface area contributed by atoms with Crippen LogP contribution in [-0.2, 0) is 23.1 Å². The number of hydrogen-bond donors (Lipinski definition) is 1. The van der Waals surface area contributed by atoms with E-state index in [-0.39, 0.29) is 17.3 Å². The summed E-state index contributed by atoms with van der Waals surface area (Å²) in [5.41, 5.74) is 2.37. The van der Waals surface area contributed by atoms with Crippen LogP contribution in [0.25, 0.3) is 0 Å². The number of benzene rings is 2. The Morgan fingerprint density at radius 1 is 1.13 bits per heavy atom. The molecule has 3 rings (SSSR count). The molecule has 0 saturated carbocycles. The van der Waals surface area contributed by atoms with Gasteiger partial charge in [0, 0.05) is 24.7 Å². The van der Waals surface area contributed by atoms with Crippen LogP contribution in [-0.4, -0.2) is 33.4 Å². The minimum absolute atomic E-state index is 0.0527. The number of hydrogen-bond acceptors (Lipinski definition) is 5. The summed E-state index contributed by atoms with van der Waals surface area (Å²) in [5.74, 6) is 1.01. The van der Waals surface area contributed by atoms with Crippen LogP contribution in [0.2, 0.25) is 0 Å². The first-order valence-corrected chi connectivity index (χ1v) is 10.8. The van der Waals surface area contributed by atoms with Crippen molar-refractivity contribution in [1.82, 2.24) is 9.62 Å². The maximum atomic E-state index is 12.8. The molecule has 1 heterocycles. The molecule has 0 fully saturated rings. The number of sulfonamides is 1. The zero-order chi connectivity index (χ0) is 21.7. The Balaban J connectivity index is 1.69. The van der Waals surface area contributed by atoms with Gasteiger partial charge in [-0.1, -0.05) is 17.7 Å². The summed E-state index contributed by atoms with van der Waals surface area (Å²) in [6.45, 7) is 2.40. The van der Waals surface area contributed by atoms with Gasteiger partial charge in [-0.25, -0.2) is 13.1 Å². The van der Waals surface area contributed by atoms with Gasteiger partial charge in [0.2, 0.25) is 10.0 Å². The van der Waals surface area contributed by atoms with Gasteiger partial charge in [-0.15, -0.1) is 0 Å². The highest BCUT2D eigenvalue weighted by Gasteiger charge is 2.18. The van der Waals surface area contributed by atoms with E-state index in [1.165, 1.54) is 30.5 Å². The molecule has 30 heavy (non-hydrogen) atoms. The SMILES string of the molecule is COc1ccc(C)cc1CN(C)C(=O)c1ccc(S(=O)(=O)NCc2ccco2)cc1. The topological polar surface area (TPSA) is 88.8 Å². The van der Waals surface area contributed by atoms with Crippen molar-refractivity contribution in [3.8, 4) is 5.75 Å². The monoisotopic (exact) mass is 428 g/mol. The molecule has 1 N–H and O–H groups in total. The Morgan fingerprint density at radius 3 is 2.50 bits per heavy atom. The summed E-state index contributed by atoms with van der Waals surface area (Å²) < 4.78 is 37.8. The molecule has 7 nitrogen and oxygen atoms in total. The lowest BCUT2D eigenvalue weighted by atomic mass is 10.1. The van der Waals surface area contributed by atoms with Crippen molar-refractivity contribution in [1.29, 1.82) is 0 Å². The highest BCUT2D eigenvalue weighted by Crippen LogP contribution is 2.22. The zero-order valence-electron chi connectivity index (χ0n) is 17.1. The fraction of sp³-hybridized carbons (Fsp3) is 0.227. The van der Waals surface area contributed by atoms with Gasteiger partial charge in [-0.2, -0.15) is 0 Å². The van der Waals surface area contributed by atoms with Gasteiger partial charge in [0.15, 0.2) is 0 Å². The molecule has 1 amide bonds. The van der Waals surface area contributed by atoms with Gasteiger partial charge in [0.05, 0.1) is 24.8 Å². The lowest BCUT2D eigenvalue weighted by Crippen LogP contribution is -2.27. The zero-order valence-corrected chi connectivity index (χ0v) is 17.9. The van der Waals surface area contributed by atoms with Crippen molar-refractivity contribution in [2.45, 2.75) is 24.9 Å². The van der Waals surface area contributed by atoms with E-state index >= 15 is 0 Å². The maximum Gasteiger partial charge on any atom is 0.253 e. The second-order valence-electron chi connectivity index (χ2n) is 6.90. The lowest BCUT2D eigenvalue weighted by molar-refractivity contribution is 0.0784. The van der Waals surface area contributed by atoms with Crippen molar-refractivity contribution in [2.75, 3.05) is 14.2 Å². The molecule has 0 aliphatic carbocycles. The average Bonchev–Trinajstić information content (AvgIpc) is 3.26. The van der Waals surface area contributed by atoms with E-state index in [1.807, 2.05) is 25.1 Å². The Kier molecular flexibility index (Phi) is 6.59. The summed E-state index contributed by atoms with van der Waals surface area (Å²) in [7, 11) is -0.426. The number of amides is 1. The average molecular weight is 429 g/mol. The number of ether oxygens (including phenoxy) is 1. The fourth-order valence-electron chi connectivity index (χ4n) is 3.02. The number of nitrogens with zero attached hydrogens (tertiary/aromatic N) is 1. The second-order valence-corrected chi connectivity index (χ2v) is 8.67. The Morgan fingerprint density at radius 2 is 1.87 bits per heavy atom. The highest BCUT2D eigenvalue weighted by molar-refractivity contribution is 7.89. The molecule has 1 aromatic heterocycles. The van der Waals surface area contributed by atoms with Gasteiger partial charge in [0.25, 0.3) is 5.91 Å². The Labute approximate surface area is 176 Å². The number of carbonyl (C=O) groups excluding carboxylic acids is 1. The van der Waals surface area contributed by atoms with E-state index in [0.717, 1.165) is 11.1 Å². The first-order valence-electron chi connectivity index (χ1n) is 9.31. The lowest BCUT2D eigenvalue weighted by Gasteiger charge is -2.19. The van der Waals surface area contributed by atoms with Crippen molar-refractivity contribution in [3.05, 3.63) is 83.3 Å². The van der Waals surface area contributed by atoms with Gasteiger partial charge >= 0.3 is 0 Å². The number of furan rings is 1. The van der Waals surface area contributed by atoms with Crippen molar-refractivity contribution < 1.29 is 22.4 Å². The fourth-order valence-corrected chi connectivity index (χ4v) is 4.01. The minimum Gasteiger partial charge on any atom is -0.496 e. The summed E-state index contributed by atoms with van der Waals surface area (Å²) in [6, 6.07) is 15.0. The summed E-state index contributed by atoms with van der Waals surface area (Å²) >= 11 is 0. The third kappa shape index (κ3) is 5.08. The molecule has 0 bridgehead atoms. The minimum atomic E-state index is -3.71. The number of nitrogens with one attached hydrogen (secondary N) is 1. The molecule has 158 valence electrons. The van der Waals surface area contributed by atoms with Crippen LogP contribution >= 0.6 is 0 Å². The number of carbonyl (C=O) groups is 1. The van der Waals surface area contributed by atoms with Crippen LogP contribution in [0.4, 0.5) is 0 Å². The summed E-state index contributed by atoms with van der Waals surface area (Å²) in [6.07, 6.45) is 1.48. The molecular formula is C22H24N2O5S. The summed E-state index contributed by atoms with van der Waals surface area (Å²) in [5, 5.41) is 0. The Bertz CT molecular complexity index is 1110. The van der Waals surface area contributed by atoms with Gasteiger partial charge < -0.3 is 14.1 Å². The van der Waals surface area contributed by atoms with Gasteiger partial charge in [-0.05, 0) is 49.4 Å². The van der Waals surface area contributed by atoms with E-state index in [4.69, 9.17) is 9.15 Å². The van der Waals surface area contributed by atoms with Crippen molar-refractivity contribution >= 4 is 15.9 Å². The van der Waals surface area contributed by atoms with Crippen LogP contribution in [0, 0.1) is 6.92 Å². The van der Waals surface area contributed by atoms with Gasteiger partial charge in [-0.3, -0.25) is 4.79 Å². The maximum absolute atomic E-state index is 12.8. The molecule has 0 aliphatic rings. The smallest absolute Gasteiger partial charge is 0.253 e. The third-order valence-corrected chi connectivity index (χ3v) is 6.04. The standard InChI is InChI=1S/C22H24N2O5S/c1-16-6-11-21(28-3)18(13-16)15-24(2)22(25)17-7-9-20(10-8-17)30(26,27)23-14-19-5-4-12-29-19/h4-13,23H,14-15H2,1-3H3. The molecule has 3 aromatic rings. The first kappa shape index (κ1) is 21.6. The van der Waals surface area contributed by atoms with Crippen LogP contribution in [0.15, 0.2) is 70.2 Å². The molecule has 0 aliphatic heterocycles. The number of aryl methyl sites for hydroxylation is 1. The third-order valence-electron chi connectivity index (χ3n) is 4.62. The van der Waals surface area contributed by atoms with E-state index in [2.05, 4.69) is 4.72 Å². The van der Waals surface area contributed by atoms with Gasteiger partial charge in [0.1, 0.15) is 11.5 Å². The van der Waals surface area contributed by atoms with Crippen molar-refractivity contribution in [2.24, 2.45) is 0 Å². The molecule has 0 atom stereocenters. The van der Waals surface area contributed by atoms with Crippen LogP contribution in [0.1, 0.15) is 27.2 Å². The van der Waals surface area contributed by atoms with Crippen LogP contribution < -0.4 is 9.46 Å². The molecule has 0 unspecified atom stereocenters. The number of methoxy groups -OCH3 is 1. The molecular weight excluding hydrogens is 404 g/mol. The highest BCUT2D eigenvalue weighted by atomic mass is 32.2. The predicted octanol–water partition coefficient (Wildman–Crippen LogP) is 3.35. The molecule has 0 saturated heterocycles. The number of rotatable bonds is 8. The normalized spacial score (nSPS) is 11.3. The van der Waals surface area contributed by atoms with Crippen molar-refractivity contribution in [3.63, 3.8) is 0 Å². The van der Waals surface area contributed by atoms with E-state index in [0.29, 0.717) is 23.6 Å². The molecule has 8 heteroatoms. The molecule has 0 spiro atoms. The van der Waals surface area contributed by atoms with Crippen LogP contribution in [0.5, 0.6) is 5.75 Å². The second kappa shape index (κ2) is 9.15. The van der Waals surface area contributed by atoms with E-state index in [9.17, 15) is 13.2 Å². The van der Waals surface area contributed by atoms with Crippen LogP contribution in [0.3, 0.4) is 0 Å². The molecule has 0 radical (unpaired) electrons. The van der Waals surface area contributed by atoms with E-state index in [1.54, 1.807) is 31.2 Å². The predicted molar refractivity (Wildman–Crippen MR) is 113 cm³/mol. The largest absolute Gasteiger partial charge is 0.496 e.